The lowest BCUT2D eigenvalue weighted by Gasteiger charge is -2.44. The van der Waals surface area contributed by atoms with Crippen LogP contribution in [-0.4, -0.2) is 73.6 Å². The first kappa shape index (κ1) is 30.0. The summed E-state index contributed by atoms with van der Waals surface area (Å²) in [7, 11) is 0. The predicted molar refractivity (Wildman–Crippen MR) is 126 cm³/mol. The van der Waals surface area contributed by atoms with E-state index in [1.807, 2.05) is 0 Å². The summed E-state index contributed by atoms with van der Waals surface area (Å²) in [5.74, 6) is -3.37. The van der Waals surface area contributed by atoms with Crippen LogP contribution in [0.3, 0.4) is 0 Å². The number of rotatable bonds is 11. The molecule has 2 rings (SSSR count). The number of carbonyl (C=O) groups excluding carboxylic acids is 5. The normalized spacial score (nSPS) is 22.3. The highest BCUT2D eigenvalue weighted by molar-refractivity contribution is 5.92. The van der Waals surface area contributed by atoms with E-state index in [1.165, 1.54) is 6.92 Å². The Balaban J connectivity index is 2.25. The van der Waals surface area contributed by atoms with Crippen LogP contribution in [0.2, 0.25) is 0 Å². The summed E-state index contributed by atoms with van der Waals surface area (Å²) in [4.78, 5) is 61.1. The third-order valence-corrected chi connectivity index (χ3v) is 4.88. The van der Waals surface area contributed by atoms with Gasteiger partial charge in [0.15, 0.2) is 24.6 Å². The van der Waals surface area contributed by atoms with Crippen molar-refractivity contribution in [2.75, 3.05) is 18.5 Å². The highest BCUT2D eigenvalue weighted by Crippen LogP contribution is 2.30. The van der Waals surface area contributed by atoms with Gasteiger partial charge in [0.05, 0.1) is 6.61 Å². The van der Waals surface area contributed by atoms with Gasteiger partial charge in [0.25, 0.3) is 0 Å². The standard InChI is InChI=1S/C23H28N4O11/c1-12(28)33-11-18-20(35-13(2)29)21(36-14(3)30)22(37-15(4)31)23(38-18)34-10-16-5-7-17(8-6-16)26-19(32)9-25-27-24/h5-8,18,20-23H,9-11H2,1-4H3,(H,26,32)/t18-,20+,21+,22-,23-/m1/s1. The molecule has 1 amide bonds. The second kappa shape index (κ2) is 14.5. The summed E-state index contributed by atoms with van der Waals surface area (Å²) >= 11 is 0. The van der Waals surface area contributed by atoms with Crippen LogP contribution in [0.5, 0.6) is 0 Å². The number of nitrogens with zero attached hydrogens (tertiary/aromatic N) is 3. The number of azide groups is 1. The van der Waals surface area contributed by atoms with Gasteiger partial charge in [-0.1, -0.05) is 17.2 Å². The van der Waals surface area contributed by atoms with Crippen molar-refractivity contribution in [1.82, 2.24) is 0 Å². The molecule has 0 unspecified atom stereocenters. The second-order valence-electron chi connectivity index (χ2n) is 8.01. The molecule has 0 spiro atoms. The first-order valence-corrected chi connectivity index (χ1v) is 11.3. The molecule has 38 heavy (non-hydrogen) atoms. The van der Waals surface area contributed by atoms with Gasteiger partial charge in [-0.2, -0.15) is 0 Å². The Hall–Kier alpha value is -4.20. The van der Waals surface area contributed by atoms with E-state index in [-0.39, 0.29) is 19.8 Å². The number of esters is 4. The molecule has 15 nitrogen and oxygen atoms in total. The van der Waals surface area contributed by atoms with E-state index in [0.717, 1.165) is 20.8 Å². The lowest BCUT2D eigenvalue weighted by Crippen LogP contribution is -2.62. The molecule has 1 aliphatic heterocycles. The Morgan fingerprint density at radius 1 is 0.895 bits per heavy atom. The molecule has 5 atom stereocenters. The SMILES string of the molecule is CC(=O)OC[C@H]1O[C@@H](OCc2ccc(NC(=O)CN=[N+]=[N-])cc2)[C@H](OC(C)=O)[C@@H](OC(C)=O)[C@H]1OC(C)=O. The fraction of sp³-hybridized carbons (Fsp3) is 0.522. The third kappa shape index (κ3) is 9.69. The molecule has 1 heterocycles. The van der Waals surface area contributed by atoms with Crippen LogP contribution in [0, 0.1) is 0 Å². The van der Waals surface area contributed by atoms with Gasteiger partial charge < -0.3 is 33.7 Å². The molecular weight excluding hydrogens is 508 g/mol. The number of amides is 1. The van der Waals surface area contributed by atoms with E-state index < -0.39 is 60.5 Å². The second-order valence-corrected chi connectivity index (χ2v) is 8.01. The van der Waals surface area contributed by atoms with Gasteiger partial charge in [-0.05, 0) is 23.2 Å². The van der Waals surface area contributed by atoms with Gasteiger partial charge in [-0.15, -0.1) is 0 Å². The molecule has 0 radical (unpaired) electrons. The van der Waals surface area contributed by atoms with Gasteiger partial charge in [0.1, 0.15) is 19.3 Å². The van der Waals surface area contributed by atoms with Crippen molar-refractivity contribution >= 4 is 35.5 Å². The van der Waals surface area contributed by atoms with Crippen molar-refractivity contribution < 1.29 is 52.4 Å². The third-order valence-electron chi connectivity index (χ3n) is 4.88. The highest BCUT2D eigenvalue weighted by atomic mass is 16.7. The van der Waals surface area contributed by atoms with E-state index in [2.05, 4.69) is 15.3 Å². The predicted octanol–water partition coefficient (Wildman–Crippen LogP) is 1.54. The monoisotopic (exact) mass is 536 g/mol. The maximum absolute atomic E-state index is 11.9. The molecule has 1 saturated heterocycles. The number of hydrogen-bond acceptors (Lipinski definition) is 12. The van der Waals surface area contributed by atoms with Crippen molar-refractivity contribution in [3.63, 3.8) is 0 Å². The molecule has 1 aromatic rings. The zero-order valence-corrected chi connectivity index (χ0v) is 21.1. The van der Waals surface area contributed by atoms with Gasteiger partial charge in [-0.25, -0.2) is 0 Å². The Morgan fingerprint density at radius 2 is 1.47 bits per heavy atom. The van der Waals surface area contributed by atoms with Crippen molar-refractivity contribution in [2.24, 2.45) is 5.11 Å². The van der Waals surface area contributed by atoms with Crippen LogP contribution in [0.4, 0.5) is 5.69 Å². The Kier molecular flexibility index (Phi) is 11.5. The molecule has 0 aliphatic carbocycles. The topological polar surface area (TPSA) is 202 Å². The zero-order chi connectivity index (χ0) is 28.2. The van der Waals surface area contributed by atoms with Crippen LogP contribution < -0.4 is 5.32 Å². The van der Waals surface area contributed by atoms with Crippen LogP contribution in [0.1, 0.15) is 33.3 Å². The van der Waals surface area contributed by atoms with Gasteiger partial charge >= 0.3 is 23.9 Å². The maximum atomic E-state index is 11.9. The minimum Gasteiger partial charge on any atom is -0.463 e. The molecule has 1 aliphatic rings. The molecule has 15 heteroatoms. The number of carbonyl (C=O) groups is 5. The number of benzene rings is 1. The minimum atomic E-state index is -1.34. The summed E-state index contributed by atoms with van der Waals surface area (Å²) in [6.45, 7) is 3.73. The average Bonchev–Trinajstić information content (AvgIpc) is 2.83. The number of anilines is 1. The fourth-order valence-corrected chi connectivity index (χ4v) is 3.48. The summed E-state index contributed by atoms with van der Waals surface area (Å²) in [6, 6.07) is 6.43. The van der Waals surface area contributed by atoms with E-state index in [4.69, 9.17) is 34.0 Å². The Morgan fingerprint density at radius 3 is 2.03 bits per heavy atom. The van der Waals surface area contributed by atoms with Gasteiger partial charge in [0, 0.05) is 38.3 Å². The quantitative estimate of drug-likeness (QED) is 0.141. The fourth-order valence-electron chi connectivity index (χ4n) is 3.48. The van der Waals surface area contributed by atoms with E-state index in [1.54, 1.807) is 24.3 Å². The summed E-state index contributed by atoms with van der Waals surface area (Å²) < 4.78 is 32.7. The Labute approximate surface area is 217 Å². The van der Waals surface area contributed by atoms with Crippen LogP contribution in [0.15, 0.2) is 29.4 Å². The molecule has 0 saturated carbocycles. The smallest absolute Gasteiger partial charge is 0.303 e. The van der Waals surface area contributed by atoms with Crippen molar-refractivity contribution in [3.8, 4) is 0 Å². The molecule has 1 N–H and O–H groups in total. The molecule has 206 valence electrons. The molecular formula is C23H28N4O11. The number of ether oxygens (including phenoxy) is 6. The molecule has 0 bridgehead atoms. The van der Waals surface area contributed by atoms with Crippen LogP contribution in [0.25, 0.3) is 10.4 Å². The lowest BCUT2D eigenvalue weighted by atomic mass is 9.98. The summed E-state index contributed by atoms with van der Waals surface area (Å²) in [5, 5.41) is 5.73. The summed E-state index contributed by atoms with van der Waals surface area (Å²) in [6.07, 6.45) is -6.41. The van der Waals surface area contributed by atoms with Gasteiger partial charge in [-0.3, -0.25) is 24.0 Å². The average molecular weight is 536 g/mol. The van der Waals surface area contributed by atoms with Gasteiger partial charge in [0.2, 0.25) is 5.91 Å². The number of nitrogens with one attached hydrogen (secondary N) is 1. The summed E-state index contributed by atoms with van der Waals surface area (Å²) in [5.41, 5.74) is 9.35. The van der Waals surface area contributed by atoms with Crippen LogP contribution >= 0.6 is 0 Å². The maximum Gasteiger partial charge on any atom is 0.303 e. The van der Waals surface area contributed by atoms with Crippen molar-refractivity contribution in [1.29, 1.82) is 0 Å². The number of hydrogen-bond donors (Lipinski definition) is 1. The first-order valence-electron chi connectivity index (χ1n) is 11.3. The van der Waals surface area contributed by atoms with Crippen LogP contribution in [-0.2, 0) is 59.0 Å². The molecule has 0 aromatic heterocycles. The van der Waals surface area contributed by atoms with E-state index in [9.17, 15) is 24.0 Å². The highest BCUT2D eigenvalue weighted by Gasteiger charge is 2.52. The minimum absolute atomic E-state index is 0.0826. The largest absolute Gasteiger partial charge is 0.463 e. The molecule has 1 fully saturated rings. The lowest BCUT2D eigenvalue weighted by molar-refractivity contribution is -0.310. The Bertz CT molecular complexity index is 1070. The van der Waals surface area contributed by atoms with Crippen molar-refractivity contribution in [3.05, 3.63) is 40.3 Å². The molecule has 1 aromatic carbocycles. The van der Waals surface area contributed by atoms with E-state index >= 15 is 0 Å². The zero-order valence-electron chi connectivity index (χ0n) is 21.1. The van der Waals surface area contributed by atoms with E-state index in [0.29, 0.717) is 11.3 Å². The first-order chi connectivity index (χ1) is 18.0. The van der Waals surface area contributed by atoms with Crippen molar-refractivity contribution in [2.45, 2.75) is 65.0 Å².